The molecule has 0 aliphatic carbocycles. The highest BCUT2D eigenvalue weighted by Gasteiger charge is 2.25. The first-order chi connectivity index (χ1) is 17.7. The highest BCUT2D eigenvalue weighted by molar-refractivity contribution is 7.88. The van der Waals surface area contributed by atoms with E-state index < -0.39 is 16.2 Å². The normalized spacial score (nSPS) is 19.8. The fourth-order valence-corrected chi connectivity index (χ4v) is 4.90. The summed E-state index contributed by atoms with van der Waals surface area (Å²) < 4.78 is 37.8. The van der Waals surface area contributed by atoms with Gasteiger partial charge in [0.25, 0.3) is 5.95 Å². The summed E-state index contributed by atoms with van der Waals surface area (Å²) in [7, 11) is -0.203. The third-order valence-electron chi connectivity index (χ3n) is 6.37. The molecule has 0 N–H and O–H groups in total. The molecule has 1 aromatic carbocycles. The third-order valence-corrected chi connectivity index (χ3v) is 7.66. The topological polar surface area (TPSA) is 140 Å². The van der Waals surface area contributed by atoms with Crippen LogP contribution in [0.5, 0.6) is 5.75 Å². The largest absolute Gasteiger partial charge is 0.494 e. The zero-order valence-corrected chi connectivity index (χ0v) is 22.0. The Balaban J connectivity index is 1.57. The number of rotatable bonds is 6. The van der Waals surface area contributed by atoms with Crippen LogP contribution in [0, 0.1) is 6.92 Å². The average Bonchev–Trinajstić information content (AvgIpc) is 3.24. The standard InChI is InChI=1S/C23H29N9O4S/c1-15-25-20-17(6-5-7-18(20)35-3)32(15)23-28-21(27-22(29-23)31-10-12-36-13-11-31)26-16-8-9-19(24-14-16)30(2)37(4,33)34/h5-7,14,19H,8-13H2,1-4H3. The Bertz CT molecular complexity index is 1480. The maximum Gasteiger partial charge on any atom is 0.256 e. The van der Waals surface area contributed by atoms with Crippen molar-refractivity contribution in [2.75, 3.05) is 51.6 Å². The van der Waals surface area contributed by atoms with Crippen molar-refractivity contribution in [1.29, 1.82) is 0 Å². The van der Waals surface area contributed by atoms with Gasteiger partial charge >= 0.3 is 0 Å². The number of aromatic nitrogens is 5. The van der Waals surface area contributed by atoms with Gasteiger partial charge in [0.15, 0.2) is 0 Å². The highest BCUT2D eigenvalue weighted by atomic mass is 32.2. The Kier molecular flexibility index (Phi) is 6.88. The van der Waals surface area contributed by atoms with Crippen LogP contribution in [0.25, 0.3) is 17.0 Å². The number of aliphatic imine (C=N–C) groups is 2. The number of nitrogens with zero attached hydrogens (tertiary/aromatic N) is 9. The molecule has 5 rings (SSSR count). The van der Waals surface area contributed by atoms with Crippen molar-refractivity contribution in [2.45, 2.75) is 25.9 Å². The number of para-hydroxylation sites is 1. The summed E-state index contributed by atoms with van der Waals surface area (Å²) in [6, 6.07) is 5.69. The SMILES string of the molecule is COc1cccc2c1nc(C)n2-c1nc(N=C2C=NC(N(C)S(C)(=O)=O)CC2)nc(N2CCOCC2)n1. The van der Waals surface area contributed by atoms with Gasteiger partial charge in [-0.3, -0.25) is 9.56 Å². The number of methoxy groups -OCH3 is 1. The predicted molar refractivity (Wildman–Crippen MR) is 140 cm³/mol. The monoisotopic (exact) mass is 527 g/mol. The average molecular weight is 528 g/mol. The van der Waals surface area contributed by atoms with Crippen LogP contribution < -0.4 is 9.64 Å². The van der Waals surface area contributed by atoms with E-state index in [-0.39, 0.29) is 5.95 Å². The summed E-state index contributed by atoms with van der Waals surface area (Å²) >= 11 is 0. The van der Waals surface area contributed by atoms with Crippen LogP contribution in [-0.4, -0.2) is 102 Å². The molecule has 2 aromatic heterocycles. The number of hydrogen-bond acceptors (Lipinski definition) is 11. The first-order valence-electron chi connectivity index (χ1n) is 11.9. The smallest absolute Gasteiger partial charge is 0.256 e. The van der Waals surface area contributed by atoms with Crippen LogP contribution in [0.3, 0.4) is 0 Å². The summed E-state index contributed by atoms with van der Waals surface area (Å²) in [6.45, 7) is 4.35. The second-order valence-electron chi connectivity index (χ2n) is 8.84. The van der Waals surface area contributed by atoms with Gasteiger partial charge in [0, 0.05) is 26.4 Å². The molecule has 2 aliphatic heterocycles. The van der Waals surface area contributed by atoms with Crippen molar-refractivity contribution in [1.82, 2.24) is 28.8 Å². The number of morpholine rings is 1. The van der Waals surface area contributed by atoms with Gasteiger partial charge < -0.3 is 14.4 Å². The summed E-state index contributed by atoms with van der Waals surface area (Å²) in [5.74, 6) is 2.50. The molecule has 37 heavy (non-hydrogen) atoms. The van der Waals surface area contributed by atoms with E-state index in [1.54, 1.807) is 13.3 Å². The second-order valence-corrected chi connectivity index (χ2v) is 10.9. The molecule has 1 fully saturated rings. The molecule has 0 amide bonds. The molecule has 196 valence electrons. The van der Waals surface area contributed by atoms with Crippen molar-refractivity contribution in [3.8, 4) is 11.7 Å². The van der Waals surface area contributed by atoms with Gasteiger partial charge in [0.2, 0.25) is 21.9 Å². The minimum absolute atomic E-state index is 0.243. The van der Waals surface area contributed by atoms with E-state index in [2.05, 4.69) is 24.9 Å². The van der Waals surface area contributed by atoms with Gasteiger partial charge in [-0.25, -0.2) is 18.4 Å². The quantitative estimate of drug-likeness (QED) is 0.466. The van der Waals surface area contributed by atoms with Crippen molar-refractivity contribution < 1.29 is 17.9 Å². The molecule has 13 nitrogen and oxygen atoms in total. The van der Waals surface area contributed by atoms with Crippen LogP contribution in [0.1, 0.15) is 18.7 Å². The Morgan fingerprint density at radius 2 is 1.89 bits per heavy atom. The summed E-state index contributed by atoms with van der Waals surface area (Å²) in [5.41, 5.74) is 2.18. The Morgan fingerprint density at radius 1 is 1.14 bits per heavy atom. The lowest BCUT2D eigenvalue weighted by atomic mass is 10.1. The van der Waals surface area contributed by atoms with Crippen LogP contribution in [0.4, 0.5) is 11.9 Å². The summed E-state index contributed by atoms with van der Waals surface area (Å²) in [5, 5.41) is 0. The number of hydrogen-bond donors (Lipinski definition) is 0. The Hall–Kier alpha value is -3.49. The van der Waals surface area contributed by atoms with E-state index in [1.807, 2.05) is 34.6 Å². The number of benzene rings is 1. The van der Waals surface area contributed by atoms with Crippen molar-refractivity contribution in [2.24, 2.45) is 9.98 Å². The lowest BCUT2D eigenvalue weighted by Gasteiger charge is -2.27. The van der Waals surface area contributed by atoms with Crippen LogP contribution >= 0.6 is 0 Å². The predicted octanol–water partition coefficient (Wildman–Crippen LogP) is 1.52. The molecule has 4 heterocycles. The van der Waals surface area contributed by atoms with Crippen LogP contribution in [0.15, 0.2) is 28.2 Å². The fourth-order valence-electron chi connectivity index (χ4n) is 4.30. The summed E-state index contributed by atoms with van der Waals surface area (Å²) in [4.78, 5) is 29.9. The van der Waals surface area contributed by atoms with Gasteiger partial charge in [-0.15, -0.1) is 0 Å². The third kappa shape index (κ3) is 5.17. The maximum atomic E-state index is 11.9. The molecule has 14 heteroatoms. The Labute approximate surface area is 214 Å². The van der Waals surface area contributed by atoms with Crippen LogP contribution in [-0.2, 0) is 14.8 Å². The molecule has 1 saturated heterocycles. The zero-order chi connectivity index (χ0) is 26.2. The number of aryl methyl sites for hydroxylation is 1. The molecular formula is C23H29N9O4S. The maximum absolute atomic E-state index is 11.9. The van der Waals surface area contributed by atoms with Crippen LogP contribution in [0.2, 0.25) is 0 Å². The lowest BCUT2D eigenvalue weighted by Crippen LogP contribution is -2.37. The van der Waals surface area contributed by atoms with Gasteiger partial charge in [0.05, 0.1) is 37.8 Å². The van der Waals surface area contributed by atoms with Gasteiger partial charge in [0.1, 0.15) is 23.3 Å². The number of ether oxygens (including phenoxy) is 2. The lowest BCUT2D eigenvalue weighted by molar-refractivity contribution is 0.122. The number of anilines is 1. The number of fused-ring (bicyclic) bond motifs is 1. The fraction of sp³-hybridized carbons (Fsp3) is 0.478. The van der Waals surface area contributed by atoms with E-state index >= 15 is 0 Å². The second kappa shape index (κ2) is 10.1. The first-order valence-corrected chi connectivity index (χ1v) is 13.7. The van der Waals surface area contributed by atoms with Gasteiger partial charge in [-0.05, 0) is 31.9 Å². The van der Waals surface area contributed by atoms with E-state index in [0.29, 0.717) is 73.8 Å². The Morgan fingerprint density at radius 3 is 2.57 bits per heavy atom. The zero-order valence-electron chi connectivity index (χ0n) is 21.2. The minimum atomic E-state index is -3.34. The van der Waals surface area contributed by atoms with Gasteiger partial charge in [-0.1, -0.05) is 6.07 Å². The number of imidazole rings is 1. The molecular weight excluding hydrogens is 498 g/mol. The molecule has 0 radical (unpaired) electrons. The molecule has 0 spiro atoms. The van der Waals surface area contributed by atoms with E-state index in [4.69, 9.17) is 14.5 Å². The summed E-state index contributed by atoms with van der Waals surface area (Å²) in [6.07, 6.45) is 3.35. The molecule has 0 bridgehead atoms. The molecule has 3 aromatic rings. The highest BCUT2D eigenvalue weighted by Crippen LogP contribution is 2.28. The molecule has 1 atom stereocenters. The number of sulfonamides is 1. The van der Waals surface area contributed by atoms with Crippen molar-refractivity contribution in [3.05, 3.63) is 24.0 Å². The first kappa shape index (κ1) is 25.2. The van der Waals surface area contributed by atoms with E-state index in [9.17, 15) is 8.42 Å². The minimum Gasteiger partial charge on any atom is -0.494 e. The van der Waals surface area contributed by atoms with Crippen molar-refractivity contribution in [3.63, 3.8) is 0 Å². The van der Waals surface area contributed by atoms with Crippen molar-refractivity contribution >= 4 is 44.9 Å². The van der Waals surface area contributed by atoms with Gasteiger partial charge in [-0.2, -0.15) is 19.3 Å². The molecule has 1 unspecified atom stereocenters. The van der Waals surface area contributed by atoms with E-state index in [0.717, 1.165) is 5.52 Å². The van der Waals surface area contributed by atoms with E-state index in [1.165, 1.54) is 17.6 Å². The molecule has 2 aliphatic rings. The molecule has 0 saturated carbocycles.